The van der Waals surface area contributed by atoms with Gasteiger partial charge in [0.25, 0.3) is 11.6 Å². The van der Waals surface area contributed by atoms with Crippen LogP contribution in [0.5, 0.6) is 11.5 Å². The average Bonchev–Trinajstić information content (AvgIpc) is 3.36. The van der Waals surface area contributed by atoms with Gasteiger partial charge in [-0.3, -0.25) is 14.9 Å². The highest BCUT2D eigenvalue weighted by atomic mass is 35.5. The molecule has 10 heteroatoms. The van der Waals surface area contributed by atoms with Gasteiger partial charge in [0.1, 0.15) is 16.5 Å². The van der Waals surface area contributed by atoms with Crippen LogP contribution in [-0.4, -0.2) is 23.8 Å². The Morgan fingerprint density at radius 3 is 2.79 bits per heavy atom. The molecule has 1 N–H and O–H groups in total. The maximum Gasteiger partial charge on any atom is 0.288 e. The number of hydrogen-bond acceptors (Lipinski definition) is 7. The van der Waals surface area contributed by atoms with E-state index >= 15 is 0 Å². The number of ether oxygens (including phenoxy) is 2. The number of hydrazone groups is 1. The van der Waals surface area contributed by atoms with Crippen molar-refractivity contribution < 1.29 is 23.6 Å². The summed E-state index contributed by atoms with van der Waals surface area (Å²) in [6, 6.07) is 12.4. The van der Waals surface area contributed by atoms with E-state index in [0.29, 0.717) is 34.1 Å². The average molecular weight is 414 g/mol. The molecule has 2 heterocycles. The number of hydrogen-bond donors (Lipinski definition) is 1. The zero-order chi connectivity index (χ0) is 20.4. The molecule has 3 aromatic rings. The second kappa shape index (κ2) is 7.64. The van der Waals surface area contributed by atoms with Crippen LogP contribution in [0.1, 0.15) is 16.1 Å². The van der Waals surface area contributed by atoms with Gasteiger partial charge in [0.05, 0.1) is 11.1 Å². The van der Waals surface area contributed by atoms with Crippen LogP contribution < -0.4 is 14.9 Å². The summed E-state index contributed by atoms with van der Waals surface area (Å²) in [4.78, 5) is 22.6. The number of nitrogens with zero attached hydrogens (tertiary/aromatic N) is 2. The molecule has 1 aliphatic rings. The Labute approximate surface area is 168 Å². The predicted octanol–water partition coefficient (Wildman–Crippen LogP) is 4.00. The Balaban J connectivity index is 1.44. The fourth-order valence-electron chi connectivity index (χ4n) is 2.64. The van der Waals surface area contributed by atoms with Crippen molar-refractivity contribution in [3.05, 3.63) is 75.0 Å². The lowest BCUT2D eigenvalue weighted by Crippen LogP contribution is -2.17. The highest BCUT2D eigenvalue weighted by molar-refractivity contribution is 6.32. The van der Waals surface area contributed by atoms with Crippen molar-refractivity contribution in [3.8, 4) is 22.8 Å². The van der Waals surface area contributed by atoms with Crippen LogP contribution in [0, 0.1) is 10.1 Å². The van der Waals surface area contributed by atoms with Crippen molar-refractivity contribution in [1.82, 2.24) is 5.43 Å². The Hall–Kier alpha value is -3.85. The summed E-state index contributed by atoms with van der Waals surface area (Å²) in [6.07, 6.45) is 1.32. The van der Waals surface area contributed by atoms with Crippen molar-refractivity contribution in [2.75, 3.05) is 6.79 Å². The van der Waals surface area contributed by atoms with Gasteiger partial charge in [-0.15, -0.1) is 0 Å². The van der Waals surface area contributed by atoms with Gasteiger partial charge < -0.3 is 13.9 Å². The van der Waals surface area contributed by atoms with Gasteiger partial charge in [0.2, 0.25) is 6.79 Å². The quantitative estimate of drug-likeness (QED) is 0.384. The molecule has 0 atom stereocenters. The second-order valence-corrected chi connectivity index (χ2v) is 6.30. The minimum Gasteiger partial charge on any atom is -0.455 e. The van der Waals surface area contributed by atoms with Crippen molar-refractivity contribution in [2.45, 2.75) is 0 Å². The lowest BCUT2D eigenvalue weighted by Gasteiger charge is -2.01. The van der Waals surface area contributed by atoms with Gasteiger partial charge in [-0.25, -0.2) is 5.43 Å². The molecule has 1 amide bonds. The molecular formula is C19H12ClN3O6. The van der Waals surface area contributed by atoms with Crippen LogP contribution >= 0.6 is 11.6 Å². The van der Waals surface area contributed by atoms with Gasteiger partial charge >= 0.3 is 0 Å². The third kappa shape index (κ3) is 3.90. The van der Waals surface area contributed by atoms with Crippen LogP contribution in [0.4, 0.5) is 5.69 Å². The van der Waals surface area contributed by atoms with E-state index in [1.807, 2.05) is 0 Å². The van der Waals surface area contributed by atoms with E-state index in [0.717, 1.165) is 0 Å². The fourth-order valence-corrected chi connectivity index (χ4v) is 2.83. The molecule has 0 unspecified atom stereocenters. The summed E-state index contributed by atoms with van der Waals surface area (Å²) in [5.74, 6) is 1.39. The lowest BCUT2D eigenvalue weighted by atomic mass is 10.1. The zero-order valence-corrected chi connectivity index (χ0v) is 15.4. The van der Waals surface area contributed by atoms with Gasteiger partial charge in [-0.1, -0.05) is 11.6 Å². The number of carbonyl (C=O) groups is 1. The second-order valence-electron chi connectivity index (χ2n) is 5.89. The number of furan rings is 1. The molecule has 0 aliphatic carbocycles. The third-order valence-electron chi connectivity index (χ3n) is 4.05. The van der Waals surface area contributed by atoms with E-state index in [9.17, 15) is 14.9 Å². The zero-order valence-electron chi connectivity index (χ0n) is 14.6. The molecule has 146 valence electrons. The molecule has 0 bridgehead atoms. The minimum atomic E-state index is -0.567. The molecule has 2 aromatic carbocycles. The van der Waals surface area contributed by atoms with E-state index in [4.69, 9.17) is 25.5 Å². The molecule has 1 aliphatic heterocycles. The number of amides is 1. The molecule has 9 nitrogen and oxygen atoms in total. The summed E-state index contributed by atoms with van der Waals surface area (Å²) in [7, 11) is 0. The fraction of sp³-hybridized carbons (Fsp3) is 0.0526. The molecule has 1 aromatic heterocycles. The number of halogens is 1. The van der Waals surface area contributed by atoms with Crippen LogP contribution in [-0.2, 0) is 0 Å². The minimum absolute atomic E-state index is 0.0401. The standard InChI is InChI=1S/C19H12ClN3O6/c20-14-4-1-11(7-15(14)23(25)26)16-6-3-13(29-16)9-21-22-19(24)12-2-5-17-18(8-12)28-10-27-17/h1-9H,10H2,(H,22,24)/b21-9+. The number of nitro benzene ring substituents is 1. The Morgan fingerprint density at radius 2 is 1.97 bits per heavy atom. The summed E-state index contributed by atoms with van der Waals surface area (Å²) in [5.41, 5.74) is 3.02. The van der Waals surface area contributed by atoms with Crippen LogP contribution in [0.25, 0.3) is 11.3 Å². The monoisotopic (exact) mass is 413 g/mol. The molecule has 4 rings (SSSR count). The molecule has 0 radical (unpaired) electrons. The predicted molar refractivity (Wildman–Crippen MR) is 103 cm³/mol. The molecular weight excluding hydrogens is 402 g/mol. The normalized spacial score (nSPS) is 12.3. The van der Waals surface area contributed by atoms with E-state index < -0.39 is 10.8 Å². The summed E-state index contributed by atoms with van der Waals surface area (Å²) in [5, 5.41) is 14.9. The molecule has 0 fully saturated rings. The first-order valence-electron chi connectivity index (χ1n) is 8.28. The van der Waals surface area contributed by atoms with Crippen molar-refractivity contribution in [2.24, 2.45) is 5.10 Å². The van der Waals surface area contributed by atoms with E-state index in [1.165, 1.54) is 18.3 Å². The van der Waals surface area contributed by atoms with Gasteiger partial charge in [0.15, 0.2) is 11.5 Å². The molecule has 0 saturated carbocycles. The highest BCUT2D eigenvalue weighted by Gasteiger charge is 2.16. The molecule has 0 spiro atoms. The van der Waals surface area contributed by atoms with E-state index in [1.54, 1.807) is 36.4 Å². The Kier molecular flexibility index (Phi) is 4.88. The number of benzene rings is 2. The van der Waals surface area contributed by atoms with Crippen molar-refractivity contribution >= 4 is 29.4 Å². The topological polar surface area (TPSA) is 116 Å². The summed E-state index contributed by atoms with van der Waals surface area (Å²) in [6.45, 7) is 0.121. The maximum absolute atomic E-state index is 12.2. The van der Waals surface area contributed by atoms with E-state index in [2.05, 4.69) is 10.5 Å². The highest BCUT2D eigenvalue weighted by Crippen LogP contribution is 2.33. The SMILES string of the molecule is O=C(N/N=C/c1ccc(-c2ccc(Cl)c([N+](=O)[O-])c2)o1)c1ccc2c(c1)OCO2. The number of nitrogens with one attached hydrogen (secondary N) is 1. The number of fused-ring (bicyclic) bond motifs is 1. The molecule has 0 saturated heterocycles. The van der Waals surface area contributed by atoms with Gasteiger partial charge in [0, 0.05) is 17.2 Å². The van der Waals surface area contributed by atoms with Gasteiger partial charge in [-0.05, 0) is 42.5 Å². The van der Waals surface area contributed by atoms with Crippen LogP contribution in [0.3, 0.4) is 0 Å². The van der Waals surface area contributed by atoms with Crippen molar-refractivity contribution in [3.63, 3.8) is 0 Å². The third-order valence-corrected chi connectivity index (χ3v) is 4.37. The molecule has 29 heavy (non-hydrogen) atoms. The largest absolute Gasteiger partial charge is 0.455 e. The first kappa shape index (κ1) is 18.5. The van der Waals surface area contributed by atoms with Crippen molar-refractivity contribution in [1.29, 1.82) is 0 Å². The van der Waals surface area contributed by atoms with Gasteiger partial charge in [-0.2, -0.15) is 5.10 Å². The number of carbonyl (C=O) groups excluding carboxylic acids is 1. The van der Waals surface area contributed by atoms with E-state index in [-0.39, 0.29) is 17.5 Å². The number of nitro groups is 1. The first-order valence-corrected chi connectivity index (χ1v) is 8.66. The number of rotatable bonds is 5. The first-order chi connectivity index (χ1) is 14.0. The van der Waals surface area contributed by atoms with Crippen LogP contribution in [0.15, 0.2) is 58.0 Å². The summed E-state index contributed by atoms with van der Waals surface area (Å²) < 4.78 is 16.0. The van der Waals surface area contributed by atoms with Crippen LogP contribution in [0.2, 0.25) is 5.02 Å². The Morgan fingerprint density at radius 1 is 1.14 bits per heavy atom. The maximum atomic E-state index is 12.2. The lowest BCUT2D eigenvalue weighted by molar-refractivity contribution is -0.384. The smallest absolute Gasteiger partial charge is 0.288 e. The summed E-state index contributed by atoms with van der Waals surface area (Å²) >= 11 is 5.82. The Bertz CT molecular complexity index is 1140.